The fourth-order valence-corrected chi connectivity index (χ4v) is 3.24. The molecule has 1 aromatic rings. The van der Waals surface area contributed by atoms with Gasteiger partial charge < -0.3 is 15.0 Å². The number of nitrogens with one attached hydrogen (secondary N) is 1. The number of hydrogen-bond acceptors (Lipinski definition) is 3. The van der Waals surface area contributed by atoms with Crippen molar-refractivity contribution in [3.63, 3.8) is 0 Å². The van der Waals surface area contributed by atoms with Gasteiger partial charge in [0.15, 0.2) is 0 Å². The second kappa shape index (κ2) is 5.94. The second-order valence-electron chi connectivity index (χ2n) is 5.59. The Balaban J connectivity index is 1.92. The van der Waals surface area contributed by atoms with Gasteiger partial charge in [0.1, 0.15) is 0 Å². The Morgan fingerprint density at radius 3 is 2.95 bits per heavy atom. The molecule has 0 aliphatic carbocycles. The zero-order valence-corrected chi connectivity index (χ0v) is 12.0. The van der Waals surface area contributed by atoms with E-state index in [4.69, 9.17) is 4.74 Å². The minimum Gasteiger partial charge on any atom is -0.381 e. The molecule has 0 radical (unpaired) electrons. The number of carbonyl (C=O) groups is 1. The predicted molar refractivity (Wildman–Crippen MR) is 78.8 cm³/mol. The molecular weight excluding hydrogens is 252 g/mol. The van der Waals surface area contributed by atoms with E-state index in [2.05, 4.69) is 23.5 Å². The first-order valence-electron chi connectivity index (χ1n) is 7.46. The van der Waals surface area contributed by atoms with Gasteiger partial charge in [-0.1, -0.05) is 18.2 Å². The number of hydrogen-bond donors (Lipinski definition) is 1. The van der Waals surface area contributed by atoms with Crippen LogP contribution in [0.4, 0.5) is 5.69 Å². The SMILES string of the molecule is CNC1CCCN(C(=O)C2CCOC2)c2ccccc21. The van der Waals surface area contributed by atoms with E-state index in [1.807, 2.05) is 18.0 Å². The zero-order valence-electron chi connectivity index (χ0n) is 12.0. The molecule has 20 heavy (non-hydrogen) atoms. The summed E-state index contributed by atoms with van der Waals surface area (Å²) in [5.41, 5.74) is 2.31. The molecular formula is C16H22N2O2. The van der Waals surface area contributed by atoms with E-state index in [0.29, 0.717) is 19.3 Å². The molecule has 0 spiro atoms. The van der Waals surface area contributed by atoms with Gasteiger partial charge in [-0.15, -0.1) is 0 Å². The summed E-state index contributed by atoms with van der Waals surface area (Å²) >= 11 is 0. The van der Waals surface area contributed by atoms with Crippen LogP contribution >= 0.6 is 0 Å². The van der Waals surface area contributed by atoms with Gasteiger partial charge in [-0.25, -0.2) is 0 Å². The number of carbonyl (C=O) groups excluding carboxylic acids is 1. The highest BCUT2D eigenvalue weighted by Gasteiger charge is 2.31. The molecule has 1 fully saturated rings. The van der Waals surface area contributed by atoms with Crippen LogP contribution in [-0.4, -0.2) is 32.7 Å². The summed E-state index contributed by atoms with van der Waals surface area (Å²) in [6, 6.07) is 8.60. The maximum Gasteiger partial charge on any atom is 0.232 e. The standard InChI is InChI=1S/C16H22N2O2/c1-17-14-6-4-9-18(15-7-3-2-5-13(14)15)16(19)12-8-10-20-11-12/h2-3,5,7,12,14,17H,4,6,8-11H2,1H3. The van der Waals surface area contributed by atoms with E-state index in [9.17, 15) is 4.79 Å². The van der Waals surface area contributed by atoms with E-state index in [1.165, 1.54) is 5.56 Å². The van der Waals surface area contributed by atoms with Crippen molar-refractivity contribution in [3.8, 4) is 0 Å². The number of anilines is 1. The van der Waals surface area contributed by atoms with Crippen molar-refractivity contribution < 1.29 is 9.53 Å². The summed E-state index contributed by atoms with van der Waals surface area (Å²) in [5.74, 6) is 0.265. The first-order chi connectivity index (χ1) is 9.81. The number of para-hydroxylation sites is 1. The quantitative estimate of drug-likeness (QED) is 0.898. The molecule has 0 bridgehead atoms. The topological polar surface area (TPSA) is 41.6 Å². The number of ether oxygens (including phenoxy) is 1. The summed E-state index contributed by atoms with van der Waals surface area (Å²) in [7, 11) is 1.99. The Bertz CT molecular complexity index is 483. The molecule has 4 nitrogen and oxygen atoms in total. The molecule has 4 heteroatoms. The van der Waals surface area contributed by atoms with Gasteiger partial charge in [0, 0.05) is 24.9 Å². The van der Waals surface area contributed by atoms with Crippen molar-refractivity contribution >= 4 is 11.6 Å². The molecule has 2 aliphatic heterocycles. The van der Waals surface area contributed by atoms with Crippen LogP contribution in [-0.2, 0) is 9.53 Å². The van der Waals surface area contributed by atoms with Crippen LogP contribution in [0.2, 0.25) is 0 Å². The normalized spacial score (nSPS) is 26.1. The number of rotatable bonds is 2. The average Bonchev–Trinajstić information content (AvgIpc) is 2.95. The van der Waals surface area contributed by atoms with Crippen molar-refractivity contribution in [3.05, 3.63) is 29.8 Å². The number of amides is 1. The fourth-order valence-electron chi connectivity index (χ4n) is 3.24. The lowest BCUT2D eigenvalue weighted by atomic mass is 10.0. The van der Waals surface area contributed by atoms with E-state index in [0.717, 1.165) is 31.5 Å². The Kier molecular flexibility index (Phi) is 4.03. The third-order valence-corrected chi connectivity index (χ3v) is 4.37. The Morgan fingerprint density at radius 1 is 1.35 bits per heavy atom. The van der Waals surface area contributed by atoms with Gasteiger partial charge in [0.05, 0.1) is 12.5 Å². The maximum absolute atomic E-state index is 12.7. The van der Waals surface area contributed by atoms with Crippen molar-refractivity contribution in [1.82, 2.24) is 5.32 Å². The molecule has 0 saturated carbocycles. The molecule has 1 N–H and O–H groups in total. The smallest absolute Gasteiger partial charge is 0.232 e. The van der Waals surface area contributed by atoms with Gasteiger partial charge in [-0.2, -0.15) is 0 Å². The lowest BCUT2D eigenvalue weighted by molar-refractivity contribution is -0.122. The van der Waals surface area contributed by atoms with Crippen molar-refractivity contribution in [2.75, 3.05) is 31.7 Å². The van der Waals surface area contributed by atoms with Gasteiger partial charge in [-0.05, 0) is 37.9 Å². The Labute approximate surface area is 120 Å². The average molecular weight is 274 g/mol. The predicted octanol–water partition coefficient (Wildman–Crippen LogP) is 2.11. The number of benzene rings is 1. The lowest BCUT2D eigenvalue weighted by Gasteiger charge is -2.26. The number of fused-ring (bicyclic) bond motifs is 1. The molecule has 3 rings (SSSR count). The molecule has 0 aromatic heterocycles. The highest BCUT2D eigenvalue weighted by Crippen LogP contribution is 2.34. The van der Waals surface area contributed by atoms with E-state index in [1.54, 1.807) is 0 Å². The molecule has 1 amide bonds. The van der Waals surface area contributed by atoms with Crippen molar-refractivity contribution in [2.45, 2.75) is 25.3 Å². The summed E-state index contributed by atoms with van der Waals surface area (Å²) in [5, 5.41) is 3.37. The van der Waals surface area contributed by atoms with Gasteiger partial charge in [0.25, 0.3) is 0 Å². The van der Waals surface area contributed by atoms with Crippen LogP contribution in [0.15, 0.2) is 24.3 Å². The number of nitrogens with zero attached hydrogens (tertiary/aromatic N) is 1. The van der Waals surface area contributed by atoms with E-state index < -0.39 is 0 Å². The van der Waals surface area contributed by atoms with Crippen LogP contribution in [0, 0.1) is 5.92 Å². The summed E-state index contributed by atoms with van der Waals surface area (Å²) < 4.78 is 5.37. The highest BCUT2D eigenvalue weighted by molar-refractivity contribution is 5.96. The first-order valence-corrected chi connectivity index (χ1v) is 7.46. The summed E-state index contributed by atoms with van der Waals surface area (Å²) in [6.07, 6.45) is 2.95. The Hall–Kier alpha value is -1.39. The van der Waals surface area contributed by atoms with Crippen LogP contribution in [0.3, 0.4) is 0 Å². The van der Waals surface area contributed by atoms with Crippen molar-refractivity contribution in [1.29, 1.82) is 0 Å². The lowest BCUT2D eigenvalue weighted by Crippen LogP contribution is -2.37. The molecule has 2 heterocycles. The van der Waals surface area contributed by atoms with Crippen molar-refractivity contribution in [2.24, 2.45) is 5.92 Å². The molecule has 1 saturated heterocycles. The first kappa shape index (κ1) is 13.6. The third-order valence-electron chi connectivity index (χ3n) is 4.37. The van der Waals surface area contributed by atoms with Gasteiger partial charge in [0.2, 0.25) is 5.91 Å². The van der Waals surface area contributed by atoms with Crippen LogP contribution < -0.4 is 10.2 Å². The maximum atomic E-state index is 12.7. The van der Waals surface area contributed by atoms with Crippen LogP contribution in [0.1, 0.15) is 30.9 Å². The largest absolute Gasteiger partial charge is 0.381 e. The van der Waals surface area contributed by atoms with Gasteiger partial charge >= 0.3 is 0 Å². The molecule has 2 atom stereocenters. The molecule has 108 valence electrons. The fraction of sp³-hybridized carbons (Fsp3) is 0.562. The van der Waals surface area contributed by atoms with E-state index >= 15 is 0 Å². The Morgan fingerprint density at radius 2 is 2.20 bits per heavy atom. The summed E-state index contributed by atoms with van der Waals surface area (Å²) in [6.45, 7) is 2.10. The van der Waals surface area contributed by atoms with E-state index in [-0.39, 0.29) is 11.8 Å². The van der Waals surface area contributed by atoms with Gasteiger partial charge in [-0.3, -0.25) is 4.79 Å². The molecule has 2 unspecified atom stereocenters. The summed E-state index contributed by atoms with van der Waals surface area (Å²) in [4.78, 5) is 14.7. The second-order valence-corrected chi connectivity index (χ2v) is 5.59. The monoisotopic (exact) mass is 274 g/mol. The minimum absolute atomic E-state index is 0.0363. The zero-order chi connectivity index (χ0) is 13.9. The molecule has 2 aliphatic rings. The third kappa shape index (κ3) is 2.45. The van der Waals surface area contributed by atoms with Crippen LogP contribution in [0.5, 0.6) is 0 Å². The molecule has 1 aromatic carbocycles. The highest BCUT2D eigenvalue weighted by atomic mass is 16.5. The minimum atomic E-state index is 0.0363. The van der Waals surface area contributed by atoms with Crippen LogP contribution in [0.25, 0.3) is 0 Å².